The highest BCUT2D eigenvalue weighted by Crippen LogP contribution is 2.30. The molecule has 110 valence electrons. The van der Waals surface area contributed by atoms with Gasteiger partial charge >= 0.3 is 0 Å². The molecule has 1 amide bonds. The lowest BCUT2D eigenvalue weighted by Crippen LogP contribution is -2.41. The molecule has 0 atom stereocenters. The van der Waals surface area contributed by atoms with E-state index >= 15 is 0 Å². The van der Waals surface area contributed by atoms with Gasteiger partial charge in [-0.1, -0.05) is 38.8 Å². The van der Waals surface area contributed by atoms with Crippen molar-refractivity contribution in [2.45, 2.75) is 46.5 Å². The fourth-order valence-electron chi connectivity index (χ4n) is 2.56. The van der Waals surface area contributed by atoms with E-state index < -0.39 is 0 Å². The predicted octanol–water partition coefficient (Wildman–Crippen LogP) is 3.95. The van der Waals surface area contributed by atoms with Crippen LogP contribution in [0.2, 0.25) is 5.15 Å². The topological polar surface area (TPSA) is 33.2 Å². The summed E-state index contributed by atoms with van der Waals surface area (Å²) in [5.41, 5.74) is 1.92. The summed E-state index contributed by atoms with van der Waals surface area (Å²) in [5.74, 6) is 0.0853. The van der Waals surface area contributed by atoms with Crippen molar-refractivity contribution in [3.05, 3.63) is 28.5 Å². The molecule has 1 aromatic rings. The number of carbonyl (C=O) groups excluding carboxylic acids is 1. The molecule has 0 N–H and O–H groups in total. The summed E-state index contributed by atoms with van der Waals surface area (Å²) in [6.07, 6.45) is 3.96. The summed E-state index contributed by atoms with van der Waals surface area (Å²) in [5, 5.41) is 0.414. The van der Waals surface area contributed by atoms with Crippen molar-refractivity contribution < 1.29 is 4.79 Å². The summed E-state index contributed by atoms with van der Waals surface area (Å²) < 4.78 is 0. The van der Waals surface area contributed by atoms with Gasteiger partial charge in [0.1, 0.15) is 5.15 Å². The molecule has 3 nitrogen and oxygen atoms in total. The number of hydrogen-bond donors (Lipinski definition) is 0. The van der Waals surface area contributed by atoms with E-state index in [1.807, 2.05) is 11.0 Å². The fraction of sp³-hybridized carbons (Fsp3) is 0.625. The van der Waals surface area contributed by atoms with E-state index in [-0.39, 0.29) is 5.91 Å². The standard InChI is InChI=1S/C16H23ClN2O/c1-4-5-13-10-12(11-14(17)18-13)15(20)19-8-6-16(2,3)7-9-19/h10-11H,4-9H2,1-3H3. The molecule has 1 aromatic heterocycles. The third-order valence-electron chi connectivity index (χ3n) is 4.00. The zero-order valence-electron chi connectivity index (χ0n) is 12.6. The molecule has 0 unspecified atom stereocenters. The second kappa shape index (κ2) is 6.13. The second-order valence-corrected chi connectivity index (χ2v) is 6.76. The van der Waals surface area contributed by atoms with Crippen LogP contribution in [0.1, 0.15) is 56.1 Å². The van der Waals surface area contributed by atoms with Gasteiger partial charge in [0.05, 0.1) is 0 Å². The maximum atomic E-state index is 12.6. The molecular weight excluding hydrogens is 272 g/mol. The third kappa shape index (κ3) is 3.72. The smallest absolute Gasteiger partial charge is 0.254 e. The number of aromatic nitrogens is 1. The number of halogens is 1. The molecule has 2 heterocycles. The Kier molecular flexibility index (Phi) is 4.69. The number of rotatable bonds is 3. The largest absolute Gasteiger partial charge is 0.339 e. The quantitative estimate of drug-likeness (QED) is 0.791. The molecule has 1 saturated heterocycles. The van der Waals surface area contributed by atoms with Crippen molar-refractivity contribution in [1.82, 2.24) is 9.88 Å². The number of carbonyl (C=O) groups is 1. The van der Waals surface area contributed by atoms with Gasteiger partial charge in [-0.25, -0.2) is 4.98 Å². The van der Waals surface area contributed by atoms with Crippen LogP contribution in [-0.4, -0.2) is 28.9 Å². The zero-order chi connectivity index (χ0) is 14.8. The van der Waals surface area contributed by atoms with Crippen molar-refractivity contribution in [3.63, 3.8) is 0 Å². The molecule has 0 saturated carbocycles. The minimum Gasteiger partial charge on any atom is -0.339 e. The molecular formula is C16H23ClN2O. The van der Waals surface area contributed by atoms with Crippen molar-refractivity contribution in [2.75, 3.05) is 13.1 Å². The number of piperidine rings is 1. The first kappa shape index (κ1) is 15.3. The number of hydrogen-bond acceptors (Lipinski definition) is 2. The molecule has 0 bridgehead atoms. The number of aryl methyl sites for hydroxylation is 1. The van der Waals surface area contributed by atoms with E-state index in [0.29, 0.717) is 16.1 Å². The lowest BCUT2D eigenvalue weighted by atomic mass is 9.82. The Hall–Kier alpha value is -1.09. The second-order valence-electron chi connectivity index (χ2n) is 6.38. The maximum absolute atomic E-state index is 12.6. The number of nitrogens with zero attached hydrogens (tertiary/aromatic N) is 2. The Morgan fingerprint density at radius 1 is 1.35 bits per heavy atom. The van der Waals surface area contributed by atoms with Crippen LogP contribution < -0.4 is 0 Å². The van der Waals surface area contributed by atoms with Crippen LogP contribution >= 0.6 is 11.6 Å². The summed E-state index contributed by atoms with van der Waals surface area (Å²) in [7, 11) is 0. The molecule has 0 aromatic carbocycles. The Labute approximate surface area is 126 Å². The summed E-state index contributed by atoms with van der Waals surface area (Å²) in [6, 6.07) is 3.57. The first-order valence-corrected chi connectivity index (χ1v) is 7.75. The van der Waals surface area contributed by atoms with Crippen molar-refractivity contribution in [2.24, 2.45) is 5.41 Å². The van der Waals surface area contributed by atoms with Crippen LogP contribution in [0.25, 0.3) is 0 Å². The highest BCUT2D eigenvalue weighted by Gasteiger charge is 2.28. The van der Waals surface area contributed by atoms with Crippen LogP contribution in [0.3, 0.4) is 0 Å². The van der Waals surface area contributed by atoms with Crippen LogP contribution in [-0.2, 0) is 6.42 Å². The molecule has 1 aliphatic rings. The SMILES string of the molecule is CCCc1cc(C(=O)N2CCC(C)(C)CC2)cc(Cl)n1. The normalized spacial score (nSPS) is 18.1. The van der Waals surface area contributed by atoms with Gasteiger partial charge in [0.15, 0.2) is 0 Å². The number of likely N-dealkylation sites (tertiary alicyclic amines) is 1. The van der Waals surface area contributed by atoms with Gasteiger partial charge in [0.2, 0.25) is 0 Å². The average Bonchev–Trinajstić information content (AvgIpc) is 2.37. The third-order valence-corrected chi connectivity index (χ3v) is 4.20. The van der Waals surface area contributed by atoms with Crippen LogP contribution in [0.5, 0.6) is 0 Å². The summed E-state index contributed by atoms with van der Waals surface area (Å²) in [4.78, 5) is 18.8. The molecule has 0 aliphatic carbocycles. The Morgan fingerprint density at radius 2 is 2.00 bits per heavy atom. The van der Waals surface area contributed by atoms with Crippen LogP contribution in [0.15, 0.2) is 12.1 Å². The average molecular weight is 295 g/mol. The van der Waals surface area contributed by atoms with Crippen molar-refractivity contribution >= 4 is 17.5 Å². The van der Waals surface area contributed by atoms with E-state index in [0.717, 1.165) is 44.5 Å². The van der Waals surface area contributed by atoms with Gasteiger partial charge in [0, 0.05) is 24.3 Å². The Morgan fingerprint density at radius 3 is 2.60 bits per heavy atom. The lowest BCUT2D eigenvalue weighted by Gasteiger charge is -2.37. The van der Waals surface area contributed by atoms with E-state index in [4.69, 9.17) is 11.6 Å². The van der Waals surface area contributed by atoms with Gasteiger partial charge in [0.25, 0.3) is 5.91 Å². The van der Waals surface area contributed by atoms with E-state index in [2.05, 4.69) is 25.8 Å². The van der Waals surface area contributed by atoms with Crippen LogP contribution in [0.4, 0.5) is 0 Å². The maximum Gasteiger partial charge on any atom is 0.254 e. The van der Waals surface area contributed by atoms with E-state index in [9.17, 15) is 4.79 Å². The molecule has 2 rings (SSSR count). The van der Waals surface area contributed by atoms with Crippen LogP contribution in [0, 0.1) is 5.41 Å². The Bertz CT molecular complexity index is 489. The summed E-state index contributed by atoms with van der Waals surface area (Å²) >= 11 is 6.03. The zero-order valence-corrected chi connectivity index (χ0v) is 13.3. The van der Waals surface area contributed by atoms with Gasteiger partial charge in [-0.05, 0) is 36.8 Å². The minimum absolute atomic E-state index is 0.0853. The Balaban J connectivity index is 2.13. The van der Waals surface area contributed by atoms with Crippen molar-refractivity contribution in [3.8, 4) is 0 Å². The molecule has 1 fully saturated rings. The predicted molar refractivity (Wildman–Crippen MR) is 82.2 cm³/mol. The fourth-order valence-corrected chi connectivity index (χ4v) is 2.78. The van der Waals surface area contributed by atoms with Gasteiger partial charge in [-0.3, -0.25) is 4.79 Å². The molecule has 1 aliphatic heterocycles. The molecule has 20 heavy (non-hydrogen) atoms. The van der Waals surface area contributed by atoms with E-state index in [1.54, 1.807) is 6.07 Å². The first-order valence-electron chi connectivity index (χ1n) is 7.37. The van der Waals surface area contributed by atoms with Gasteiger partial charge in [-0.2, -0.15) is 0 Å². The molecule has 0 radical (unpaired) electrons. The molecule has 0 spiro atoms. The highest BCUT2D eigenvalue weighted by atomic mass is 35.5. The lowest BCUT2D eigenvalue weighted by molar-refractivity contribution is 0.0630. The summed E-state index contributed by atoms with van der Waals surface area (Å²) in [6.45, 7) is 8.27. The molecule has 4 heteroatoms. The number of pyridine rings is 1. The van der Waals surface area contributed by atoms with Gasteiger partial charge in [-0.15, -0.1) is 0 Å². The minimum atomic E-state index is 0.0853. The highest BCUT2D eigenvalue weighted by molar-refractivity contribution is 6.29. The first-order chi connectivity index (χ1) is 9.41. The monoisotopic (exact) mass is 294 g/mol. The number of amides is 1. The van der Waals surface area contributed by atoms with Gasteiger partial charge < -0.3 is 4.90 Å². The van der Waals surface area contributed by atoms with Crippen molar-refractivity contribution in [1.29, 1.82) is 0 Å². The van der Waals surface area contributed by atoms with E-state index in [1.165, 1.54) is 0 Å².